The normalized spacial score (nSPS) is 16.6. The number of carbonyl (C=O) groups is 1. The van der Waals surface area contributed by atoms with Gasteiger partial charge in [0.05, 0.1) is 7.11 Å². The van der Waals surface area contributed by atoms with E-state index in [0.717, 1.165) is 12.2 Å². The average molecular weight is 369 g/mol. The minimum absolute atomic E-state index is 0. The Morgan fingerprint density at radius 2 is 1.95 bits per heavy atom. The fourth-order valence-electron chi connectivity index (χ4n) is 2.14. The smallest absolute Gasteiger partial charge is 0.813 e. The van der Waals surface area contributed by atoms with Crippen LogP contribution in [0.1, 0.15) is 24.8 Å². The number of benzene rings is 1. The quantitative estimate of drug-likeness (QED) is 0.376. The van der Waals surface area contributed by atoms with Crippen molar-refractivity contribution in [1.29, 1.82) is 0 Å². The summed E-state index contributed by atoms with van der Waals surface area (Å²) in [7, 11) is 1.71. The molecule has 1 aliphatic heterocycles. The van der Waals surface area contributed by atoms with Crippen molar-refractivity contribution < 1.29 is 67.7 Å². The van der Waals surface area contributed by atoms with Gasteiger partial charge in [-0.15, -0.1) is 0 Å². The van der Waals surface area contributed by atoms with Crippen LogP contribution in [0.15, 0.2) is 24.3 Å². The number of amides is 1. The second kappa shape index (κ2) is 14.5. The van der Waals surface area contributed by atoms with Gasteiger partial charge < -0.3 is 29.3 Å². The number of piperidine rings is 1. The summed E-state index contributed by atoms with van der Waals surface area (Å²) in [6.07, 6.45) is 5.41. The number of primary amides is 1. The number of thiol groups is 1. The van der Waals surface area contributed by atoms with E-state index in [2.05, 4.69) is 23.2 Å². The van der Waals surface area contributed by atoms with E-state index in [1.807, 2.05) is 12.1 Å². The number of ether oxygens (including phenoxy) is 1. The van der Waals surface area contributed by atoms with Gasteiger partial charge in [0.1, 0.15) is 5.75 Å². The fourth-order valence-corrected chi connectivity index (χ4v) is 2.14. The molecule has 20 heavy (non-hydrogen) atoms. The SMILES string of the molecule is COc1ccc(C[C@@H]2CCCCN2)cc1.NC=O.[Rb+].[SH-]. The average Bonchev–Trinajstić information content (AvgIpc) is 2.42. The van der Waals surface area contributed by atoms with Gasteiger partial charge in [-0.1, -0.05) is 18.6 Å². The molecule has 1 atom stereocenters. The first-order chi connectivity index (χ1) is 8.80. The van der Waals surface area contributed by atoms with Crippen molar-refractivity contribution in [2.45, 2.75) is 31.7 Å². The van der Waals surface area contributed by atoms with Crippen molar-refractivity contribution in [2.24, 2.45) is 5.73 Å². The van der Waals surface area contributed by atoms with Gasteiger partial charge in [0, 0.05) is 6.04 Å². The first kappa shape index (κ1) is 22.9. The van der Waals surface area contributed by atoms with E-state index in [-0.39, 0.29) is 78.1 Å². The van der Waals surface area contributed by atoms with Crippen molar-refractivity contribution in [2.75, 3.05) is 13.7 Å². The molecule has 108 valence electrons. The van der Waals surface area contributed by atoms with E-state index in [9.17, 15) is 0 Å². The molecule has 0 bridgehead atoms. The molecular formula is C14H23N2O2RbS. The van der Waals surface area contributed by atoms with E-state index >= 15 is 0 Å². The molecule has 1 aromatic rings. The first-order valence-electron chi connectivity index (χ1n) is 6.32. The van der Waals surface area contributed by atoms with Crippen molar-refractivity contribution in [1.82, 2.24) is 5.32 Å². The van der Waals surface area contributed by atoms with Crippen LogP contribution in [0.3, 0.4) is 0 Å². The van der Waals surface area contributed by atoms with Gasteiger partial charge in [-0.2, -0.15) is 0 Å². The van der Waals surface area contributed by atoms with Crippen LogP contribution in [0.2, 0.25) is 0 Å². The second-order valence-electron chi connectivity index (χ2n) is 4.34. The predicted octanol–water partition coefficient (Wildman–Crippen LogP) is -1.78. The summed E-state index contributed by atoms with van der Waals surface area (Å²) in [6.45, 7) is 1.18. The molecule has 2 rings (SSSR count). The topological polar surface area (TPSA) is 64.3 Å². The summed E-state index contributed by atoms with van der Waals surface area (Å²) < 4.78 is 5.14. The molecule has 1 aromatic carbocycles. The maximum Gasteiger partial charge on any atom is 1.00 e. The minimum Gasteiger partial charge on any atom is -0.813 e. The molecule has 1 aliphatic rings. The first-order valence-corrected chi connectivity index (χ1v) is 6.32. The molecule has 0 saturated carbocycles. The third kappa shape index (κ3) is 9.52. The van der Waals surface area contributed by atoms with E-state index in [0.29, 0.717) is 6.04 Å². The number of methoxy groups -OCH3 is 1. The van der Waals surface area contributed by atoms with Crippen molar-refractivity contribution in [3.63, 3.8) is 0 Å². The Bertz CT molecular complexity index is 344. The molecular weight excluding hydrogens is 346 g/mol. The molecule has 1 amide bonds. The van der Waals surface area contributed by atoms with E-state index in [1.165, 1.54) is 31.4 Å². The molecule has 1 saturated heterocycles. The third-order valence-corrected chi connectivity index (χ3v) is 3.05. The Labute approximate surface area is 177 Å². The molecule has 0 radical (unpaired) electrons. The summed E-state index contributed by atoms with van der Waals surface area (Å²) in [6, 6.07) is 9.08. The molecule has 1 heterocycles. The Morgan fingerprint density at radius 1 is 1.35 bits per heavy atom. The predicted molar refractivity (Wildman–Crippen MR) is 81.4 cm³/mol. The Morgan fingerprint density at radius 3 is 2.40 bits per heavy atom. The molecule has 4 nitrogen and oxygen atoms in total. The van der Waals surface area contributed by atoms with Gasteiger partial charge in [-0.25, -0.2) is 0 Å². The van der Waals surface area contributed by atoms with E-state index in [4.69, 9.17) is 9.53 Å². The molecule has 0 aliphatic carbocycles. The van der Waals surface area contributed by atoms with Gasteiger partial charge >= 0.3 is 58.2 Å². The Kier molecular flexibility index (Phi) is 16.6. The zero-order valence-electron chi connectivity index (χ0n) is 12.3. The van der Waals surface area contributed by atoms with Crippen LogP contribution in [-0.2, 0) is 24.7 Å². The van der Waals surface area contributed by atoms with Gasteiger partial charge in [-0.3, -0.25) is 4.79 Å². The second-order valence-corrected chi connectivity index (χ2v) is 4.34. The summed E-state index contributed by atoms with van der Waals surface area (Å²) in [5, 5.41) is 3.56. The fraction of sp³-hybridized carbons (Fsp3) is 0.500. The van der Waals surface area contributed by atoms with Crippen molar-refractivity contribution in [3.8, 4) is 5.75 Å². The van der Waals surface area contributed by atoms with Crippen molar-refractivity contribution in [3.05, 3.63) is 29.8 Å². The maximum atomic E-state index is 8.58. The summed E-state index contributed by atoms with van der Waals surface area (Å²) in [5.41, 5.74) is 5.56. The summed E-state index contributed by atoms with van der Waals surface area (Å²) in [4.78, 5) is 8.58. The van der Waals surface area contributed by atoms with Gasteiger partial charge in [-0.05, 0) is 43.5 Å². The van der Waals surface area contributed by atoms with Crippen LogP contribution in [0.25, 0.3) is 0 Å². The van der Waals surface area contributed by atoms with E-state index in [1.54, 1.807) is 7.11 Å². The number of rotatable bonds is 3. The Balaban J connectivity index is 0. The van der Waals surface area contributed by atoms with Gasteiger partial charge in [0.15, 0.2) is 0 Å². The molecule has 0 unspecified atom stereocenters. The molecule has 0 spiro atoms. The Hall–Kier alpha value is 0.605. The van der Waals surface area contributed by atoms with Crippen LogP contribution in [0, 0.1) is 0 Å². The third-order valence-electron chi connectivity index (χ3n) is 3.05. The number of hydrogen-bond donors (Lipinski definition) is 2. The number of nitrogens with two attached hydrogens (primary N) is 1. The molecule has 3 N–H and O–H groups in total. The van der Waals surface area contributed by atoms with E-state index < -0.39 is 0 Å². The van der Waals surface area contributed by atoms with Crippen LogP contribution in [-0.4, -0.2) is 26.1 Å². The van der Waals surface area contributed by atoms with Crippen LogP contribution < -0.4 is 74.0 Å². The van der Waals surface area contributed by atoms with Crippen LogP contribution in [0.4, 0.5) is 0 Å². The molecule has 0 aromatic heterocycles. The minimum atomic E-state index is 0. The molecule has 1 fully saturated rings. The van der Waals surface area contributed by atoms with Gasteiger partial charge in [0.25, 0.3) is 0 Å². The maximum absolute atomic E-state index is 8.58. The summed E-state index contributed by atoms with van der Waals surface area (Å²) in [5.74, 6) is 0.940. The number of hydrogen-bond acceptors (Lipinski definition) is 4. The zero-order chi connectivity index (χ0) is 13.2. The van der Waals surface area contributed by atoms with Crippen LogP contribution >= 0.6 is 0 Å². The zero-order valence-corrected chi connectivity index (χ0v) is 18.2. The van der Waals surface area contributed by atoms with Crippen LogP contribution in [0.5, 0.6) is 5.75 Å². The van der Waals surface area contributed by atoms with Gasteiger partial charge in [0.2, 0.25) is 6.41 Å². The standard InChI is InChI=1S/C13H19NO.CH3NO.Rb.H2S/c1-15-13-7-5-11(6-8-13)10-12-4-2-3-9-14-12;2-1-3;;/h5-8,12,14H,2-4,9-10H2,1H3;1H,(H2,2,3);;1H2/q;;+1;/p-1/t12-;;;/m0.../s1. The summed E-state index contributed by atoms with van der Waals surface area (Å²) >= 11 is 0. The van der Waals surface area contributed by atoms with Crippen molar-refractivity contribution >= 4 is 19.9 Å². The largest absolute Gasteiger partial charge is 1.00 e. The monoisotopic (exact) mass is 368 g/mol. The number of nitrogens with one attached hydrogen (secondary N) is 1. The molecule has 6 heteroatoms. The number of carbonyl (C=O) groups excluding carboxylic acids is 1.